The summed E-state index contributed by atoms with van der Waals surface area (Å²) in [5.74, 6) is 0. The molecule has 9 aromatic carbocycles. The van der Waals surface area contributed by atoms with Crippen LogP contribution in [0.2, 0.25) is 0 Å². The van der Waals surface area contributed by atoms with Crippen molar-refractivity contribution in [3.05, 3.63) is 233 Å². The monoisotopic (exact) mass is 739 g/mol. The molecule has 3 aliphatic rings. The summed E-state index contributed by atoms with van der Waals surface area (Å²) in [5.41, 5.74) is 22.7. The van der Waals surface area contributed by atoms with Crippen molar-refractivity contribution in [1.82, 2.24) is 0 Å². The average molecular weight is 740 g/mol. The summed E-state index contributed by atoms with van der Waals surface area (Å²) in [6, 6.07) is 73.3. The van der Waals surface area contributed by atoms with Crippen molar-refractivity contribution in [2.45, 2.75) is 31.6 Å². The van der Waals surface area contributed by atoms with E-state index < -0.39 is 5.41 Å². The Morgan fingerprint density at radius 1 is 0.328 bits per heavy atom. The molecule has 1 spiro atoms. The molecule has 58 heavy (non-hydrogen) atoms. The van der Waals surface area contributed by atoms with Crippen LogP contribution in [0, 0.1) is 6.92 Å². The van der Waals surface area contributed by atoms with Crippen LogP contribution in [0.5, 0.6) is 0 Å². The van der Waals surface area contributed by atoms with Crippen LogP contribution in [0.1, 0.15) is 52.8 Å². The van der Waals surface area contributed by atoms with Crippen LogP contribution in [0.3, 0.4) is 0 Å². The molecule has 12 rings (SSSR count). The average Bonchev–Trinajstić information content (AvgIpc) is 3.81. The van der Waals surface area contributed by atoms with E-state index in [2.05, 4.69) is 220 Å². The van der Waals surface area contributed by atoms with E-state index in [1.54, 1.807) is 0 Å². The molecule has 0 amide bonds. The van der Waals surface area contributed by atoms with Crippen LogP contribution in [0.25, 0.3) is 55.3 Å². The highest BCUT2D eigenvalue weighted by molar-refractivity contribution is 6.00. The van der Waals surface area contributed by atoms with Gasteiger partial charge in [0.2, 0.25) is 0 Å². The van der Waals surface area contributed by atoms with Crippen molar-refractivity contribution in [2.24, 2.45) is 0 Å². The van der Waals surface area contributed by atoms with Crippen molar-refractivity contribution in [1.29, 1.82) is 0 Å². The minimum Gasteiger partial charge on any atom is -0.310 e. The van der Waals surface area contributed by atoms with E-state index in [1.165, 1.54) is 94.2 Å². The quantitative estimate of drug-likeness (QED) is 0.174. The second-order valence-electron chi connectivity index (χ2n) is 17.0. The zero-order valence-corrected chi connectivity index (χ0v) is 32.9. The molecule has 0 saturated carbocycles. The van der Waals surface area contributed by atoms with Crippen molar-refractivity contribution >= 4 is 27.8 Å². The Hall–Kier alpha value is -6.96. The molecule has 0 bridgehead atoms. The molecule has 0 aliphatic heterocycles. The van der Waals surface area contributed by atoms with Crippen LogP contribution < -0.4 is 4.90 Å². The first-order valence-electron chi connectivity index (χ1n) is 20.5. The third-order valence-corrected chi connectivity index (χ3v) is 13.5. The van der Waals surface area contributed by atoms with E-state index in [9.17, 15) is 0 Å². The van der Waals surface area contributed by atoms with Gasteiger partial charge in [-0.3, -0.25) is 0 Å². The Morgan fingerprint density at radius 3 is 1.40 bits per heavy atom. The fraction of sp³-hybridized carbons (Fsp3) is 0.0877. The lowest BCUT2D eigenvalue weighted by Crippen LogP contribution is -2.26. The van der Waals surface area contributed by atoms with E-state index >= 15 is 0 Å². The highest BCUT2D eigenvalue weighted by Gasteiger charge is 2.52. The molecule has 3 aliphatic carbocycles. The minimum atomic E-state index is -0.458. The maximum Gasteiger partial charge on any atom is 0.0726 e. The van der Waals surface area contributed by atoms with Gasteiger partial charge in [-0.05, 0) is 144 Å². The third-order valence-electron chi connectivity index (χ3n) is 13.5. The number of fused-ring (bicyclic) bond motifs is 14. The molecular weight excluding hydrogens is 699 g/mol. The van der Waals surface area contributed by atoms with Gasteiger partial charge in [0.15, 0.2) is 0 Å². The van der Waals surface area contributed by atoms with Crippen LogP contribution in [-0.2, 0) is 10.8 Å². The van der Waals surface area contributed by atoms with Crippen LogP contribution in [0.15, 0.2) is 194 Å². The van der Waals surface area contributed by atoms with Crippen LogP contribution >= 0.6 is 0 Å². The van der Waals surface area contributed by atoms with Crippen LogP contribution in [-0.4, -0.2) is 0 Å². The van der Waals surface area contributed by atoms with Gasteiger partial charge in [-0.15, -0.1) is 0 Å². The number of hydrogen-bond donors (Lipinski definition) is 0. The van der Waals surface area contributed by atoms with Gasteiger partial charge in [-0.1, -0.05) is 165 Å². The Balaban J connectivity index is 1.10. The molecule has 1 nitrogen and oxygen atoms in total. The normalized spacial score (nSPS) is 16.1. The number of aryl methyl sites for hydroxylation is 1. The molecule has 0 fully saturated rings. The summed E-state index contributed by atoms with van der Waals surface area (Å²) in [4.78, 5) is 2.48. The molecule has 9 aromatic rings. The van der Waals surface area contributed by atoms with Gasteiger partial charge in [-0.2, -0.15) is 0 Å². The lowest BCUT2D eigenvalue weighted by atomic mass is 9.70. The molecule has 1 atom stereocenters. The first kappa shape index (κ1) is 33.2. The molecule has 0 aromatic heterocycles. The first-order valence-corrected chi connectivity index (χ1v) is 20.5. The molecule has 1 unspecified atom stereocenters. The van der Waals surface area contributed by atoms with Gasteiger partial charge < -0.3 is 4.90 Å². The third kappa shape index (κ3) is 4.47. The largest absolute Gasteiger partial charge is 0.310 e. The summed E-state index contributed by atoms with van der Waals surface area (Å²) in [6.45, 7) is 6.89. The Labute approximate surface area is 340 Å². The van der Waals surface area contributed by atoms with Crippen molar-refractivity contribution in [3.8, 4) is 44.5 Å². The predicted octanol–water partition coefficient (Wildman–Crippen LogP) is 14.9. The maximum absolute atomic E-state index is 2.51. The molecule has 0 radical (unpaired) electrons. The predicted molar refractivity (Wildman–Crippen MR) is 243 cm³/mol. The van der Waals surface area contributed by atoms with Crippen molar-refractivity contribution in [2.75, 3.05) is 4.90 Å². The smallest absolute Gasteiger partial charge is 0.0726 e. The Bertz CT molecular complexity index is 3150. The number of hydrogen-bond acceptors (Lipinski definition) is 1. The summed E-state index contributed by atoms with van der Waals surface area (Å²) in [7, 11) is 0. The highest BCUT2D eigenvalue weighted by atomic mass is 15.1. The standard InChI is InChI=1S/C57H41N/c1-36-20-22-37(23-21-36)38-24-26-41(27-25-38)58(42-28-30-47-44-14-6-9-17-50(44)56(2,3)53(47)34-42)43-29-31-48-45-15-7-10-18-51(45)57(55(48)35-43)52-19-11-8-16-46(52)49-32-39-12-4-5-13-40(39)33-54(49)57/h4-35H,1-3H3. The van der Waals surface area contributed by atoms with Gasteiger partial charge in [-0.25, -0.2) is 0 Å². The lowest BCUT2D eigenvalue weighted by molar-refractivity contribution is 0.660. The highest BCUT2D eigenvalue weighted by Crippen LogP contribution is 2.64. The van der Waals surface area contributed by atoms with E-state index in [0.717, 1.165) is 17.1 Å². The van der Waals surface area contributed by atoms with E-state index in [0.29, 0.717) is 0 Å². The number of benzene rings is 9. The molecule has 0 heterocycles. The first-order chi connectivity index (χ1) is 28.4. The van der Waals surface area contributed by atoms with E-state index in [1.807, 2.05) is 0 Å². The number of anilines is 3. The van der Waals surface area contributed by atoms with Gasteiger partial charge >= 0.3 is 0 Å². The SMILES string of the molecule is Cc1ccc(-c2ccc(N(c3ccc4c(c3)C(C)(C)c3ccccc3-4)c3ccc4c(c3)C3(c5ccccc5-4)c4ccccc4-c4cc5ccccc5cc43)cc2)cc1. The van der Waals surface area contributed by atoms with Crippen LogP contribution in [0.4, 0.5) is 17.1 Å². The van der Waals surface area contributed by atoms with Crippen molar-refractivity contribution < 1.29 is 0 Å². The van der Waals surface area contributed by atoms with Crippen molar-refractivity contribution in [3.63, 3.8) is 0 Å². The van der Waals surface area contributed by atoms with E-state index in [-0.39, 0.29) is 5.41 Å². The summed E-state index contributed by atoms with van der Waals surface area (Å²) in [6.07, 6.45) is 0. The maximum atomic E-state index is 2.51. The second-order valence-corrected chi connectivity index (χ2v) is 17.0. The Morgan fingerprint density at radius 2 is 0.759 bits per heavy atom. The fourth-order valence-corrected chi connectivity index (χ4v) is 10.8. The molecule has 274 valence electrons. The summed E-state index contributed by atoms with van der Waals surface area (Å²) < 4.78 is 0. The fourth-order valence-electron chi connectivity index (χ4n) is 10.8. The molecule has 1 heteroatoms. The number of nitrogens with zero attached hydrogens (tertiary/aromatic N) is 1. The lowest BCUT2D eigenvalue weighted by Gasteiger charge is -2.32. The summed E-state index contributed by atoms with van der Waals surface area (Å²) in [5, 5.41) is 2.54. The van der Waals surface area contributed by atoms with E-state index in [4.69, 9.17) is 0 Å². The molecule has 0 saturated heterocycles. The molecule has 0 N–H and O–H groups in total. The minimum absolute atomic E-state index is 0.118. The Kier molecular flexibility index (Phi) is 6.88. The van der Waals surface area contributed by atoms with Gasteiger partial charge in [0.25, 0.3) is 0 Å². The zero-order chi connectivity index (χ0) is 38.8. The number of rotatable bonds is 4. The zero-order valence-electron chi connectivity index (χ0n) is 32.9. The summed E-state index contributed by atoms with van der Waals surface area (Å²) >= 11 is 0. The topological polar surface area (TPSA) is 3.24 Å². The van der Waals surface area contributed by atoms with Gasteiger partial charge in [0, 0.05) is 22.5 Å². The van der Waals surface area contributed by atoms with Gasteiger partial charge in [0.1, 0.15) is 0 Å². The van der Waals surface area contributed by atoms with Gasteiger partial charge in [0.05, 0.1) is 5.41 Å². The molecular formula is C57H41N. The second kappa shape index (κ2) is 12.0.